The van der Waals surface area contributed by atoms with Gasteiger partial charge in [0.1, 0.15) is 11.6 Å². The van der Waals surface area contributed by atoms with Crippen LogP contribution in [0.5, 0.6) is 0 Å². The van der Waals surface area contributed by atoms with E-state index in [0.717, 1.165) is 35.7 Å². The number of aryl methyl sites for hydroxylation is 2. The van der Waals surface area contributed by atoms with E-state index in [1.165, 1.54) is 0 Å². The molecule has 1 aromatic heterocycles. The summed E-state index contributed by atoms with van der Waals surface area (Å²) in [6.45, 7) is 4.92. The van der Waals surface area contributed by atoms with Crippen molar-refractivity contribution in [3.8, 4) is 0 Å². The fraction of sp³-hybridized carbons (Fsp3) is 0.333. The van der Waals surface area contributed by atoms with Crippen LogP contribution in [-0.2, 0) is 11.2 Å². The maximum Gasteiger partial charge on any atom is 0.254 e. The molecule has 1 fully saturated rings. The van der Waals surface area contributed by atoms with Crippen molar-refractivity contribution in [3.05, 3.63) is 65.6 Å². The highest BCUT2D eigenvalue weighted by molar-refractivity contribution is 6.07. The van der Waals surface area contributed by atoms with Gasteiger partial charge in [0.2, 0.25) is 5.91 Å². The lowest BCUT2D eigenvalue weighted by Gasteiger charge is -2.32. The number of hydrogen-bond acceptors (Lipinski definition) is 4. The van der Waals surface area contributed by atoms with E-state index in [1.807, 2.05) is 62.4 Å². The number of anilines is 1. The second-order valence-electron chi connectivity index (χ2n) is 7.75. The normalized spacial score (nSPS) is 16.5. The molecule has 4 rings (SSSR count). The van der Waals surface area contributed by atoms with E-state index in [1.54, 1.807) is 4.90 Å². The van der Waals surface area contributed by atoms with Crippen LogP contribution in [0.1, 0.15) is 41.6 Å². The molecule has 1 atom stereocenters. The standard InChI is InChI=1S/C24H26N4O2/c1-3-19-14-22(26-16(2)25-19)27-23(29)18-10-7-13-28(15-18)24(30)21-12-6-9-17-8-4-5-11-20(17)21/h4-6,8-9,11-12,14,18H,3,7,10,13,15H2,1-2H3,(H,25,26,27,29). The molecule has 6 heteroatoms. The first-order chi connectivity index (χ1) is 14.5. The summed E-state index contributed by atoms with van der Waals surface area (Å²) in [7, 11) is 0. The quantitative estimate of drug-likeness (QED) is 0.716. The molecule has 1 aliphatic heterocycles. The molecule has 1 saturated heterocycles. The van der Waals surface area contributed by atoms with E-state index in [9.17, 15) is 9.59 Å². The Bertz CT molecular complexity index is 1090. The van der Waals surface area contributed by atoms with Crippen LogP contribution in [0.25, 0.3) is 10.8 Å². The Balaban J connectivity index is 1.49. The molecular formula is C24H26N4O2. The summed E-state index contributed by atoms with van der Waals surface area (Å²) < 4.78 is 0. The lowest BCUT2D eigenvalue weighted by molar-refractivity contribution is -0.121. The van der Waals surface area contributed by atoms with Gasteiger partial charge in [0.15, 0.2) is 0 Å². The van der Waals surface area contributed by atoms with Crippen molar-refractivity contribution in [2.45, 2.75) is 33.1 Å². The summed E-state index contributed by atoms with van der Waals surface area (Å²) in [5, 5.41) is 4.91. The van der Waals surface area contributed by atoms with Crippen LogP contribution in [0.2, 0.25) is 0 Å². The fourth-order valence-corrected chi connectivity index (χ4v) is 4.06. The van der Waals surface area contributed by atoms with Crippen molar-refractivity contribution >= 4 is 28.4 Å². The minimum atomic E-state index is -0.252. The van der Waals surface area contributed by atoms with E-state index in [4.69, 9.17) is 0 Å². The van der Waals surface area contributed by atoms with Gasteiger partial charge in [0.25, 0.3) is 5.91 Å². The van der Waals surface area contributed by atoms with Gasteiger partial charge in [0, 0.05) is 30.4 Å². The molecule has 3 aromatic rings. The molecule has 1 unspecified atom stereocenters. The van der Waals surface area contributed by atoms with Gasteiger partial charge in [0.05, 0.1) is 5.92 Å². The van der Waals surface area contributed by atoms with Crippen LogP contribution in [0.3, 0.4) is 0 Å². The zero-order valence-electron chi connectivity index (χ0n) is 17.4. The molecule has 0 spiro atoms. The van der Waals surface area contributed by atoms with Gasteiger partial charge in [-0.2, -0.15) is 0 Å². The largest absolute Gasteiger partial charge is 0.338 e. The van der Waals surface area contributed by atoms with Crippen molar-refractivity contribution in [2.24, 2.45) is 5.92 Å². The number of nitrogens with zero attached hydrogens (tertiary/aromatic N) is 3. The first-order valence-electron chi connectivity index (χ1n) is 10.5. The number of fused-ring (bicyclic) bond motifs is 1. The average molecular weight is 402 g/mol. The van der Waals surface area contributed by atoms with E-state index in [2.05, 4.69) is 15.3 Å². The number of carbonyl (C=O) groups excluding carboxylic acids is 2. The van der Waals surface area contributed by atoms with Crippen LogP contribution in [0.15, 0.2) is 48.5 Å². The third kappa shape index (κ3) is 4.17. The number of nitrogens with one attached hydrogen (secondary N) is 1. The Labute approximate surface area is 176 Å². The number of rotatable bonds is 4. The van der Waals surface area contributed by atoms with E-state index in [0.29, 0.717) is 30.3 Å². The first-order valence-corrected chi connectivity index (χ1v) is 10.5. The van der Waals surface area contributed by atoms with Crippen molar-refractivity contribution in [1.82, 2.24) is 14.9 Å². The average Bonchev–Trinajstić information content (AvgIpc) is 2.77. The Kier molecular flexibility index (Phi) is 5.74. The third-order valence-corrected chi connectivity index (χ3v) is 5.60. The highest BCUT2D eigenvalue weighted by Crippen LogP contribution is 2.24. The molecule has 30 heavy (non-hydrogen) atoms. The van der Waals surface area contributed by atoms with Crippen molar-refractivity contribution in [3.63, 3.8) is 0 Å². The monoisotopic (exact) mass is 402 g/mol. The summed E-state index contributed by atoms with van der Waals surface area (Å²) >= 11 is 0. The van der Waals surface area contributed by atoms with Gasteiger partial charge in [-0.05, 0) is 43.0 Å². The Hall–Kier alpha value is -3.28. The molecule has 0 radical (unpaired) electrons. The number of piperidine rings is 1. The highest BCUT2D eigenvalue weighted by Gasteiger charge is 2.29. The van der Waals surface area contributed by atoms with E-state index >= 15 is 0 Å². The van der Waals surface area contributed by atoms with Crippen LogP contribution in [0, 0.1) is 12.8 Å². The van der Waals surface area contributed by atoms with Crippen molar-refractivity contribution in [2.75, 3.05) is 18.4 Å². The number of hydrogen-bond donors (Lipinski definition) is 1. The van der Waals surface area contributed by atoms with Crippen molar-refractivity contribution < 1.29 is 9.59 Å². The lowest BCUT2D eigenvalue weighted by Crippen LogP contribution is -2.43. The molecule has 154 valence electrons. The minimum Gasteiger partial charge on any atom is -0.338 e. The fourth-order valence-electron chi connectivity index (χ4n) is 4.06. The molecule has 2 aromatic carbocycles. The maximum absolute atomic E-state index is 13.2. The topological polar surface area (TPSA) is 75.2 Å². The van der Waals surface area contributed by atoms with Gasteiger partial charge in [-0.1, -0.05) is 43.3 Å². The van der Waals surface area contributed by atoms with Gasteiger partial charge in [-0.15, -0.1) is 0 Å². The zero-order chi connectivity index (χ0) is 21.1. The Morgan fingerprint density at radius 2 is 1.93 bits per heavy atom. The van der Waals surface area contributed by atoms with Crippen LogP contribution >= 0.6 is 0 Å². The number of likely N-dealkylation sites (tertiary alicyclic amines) is 1. The molecule has 0 aliphatic carbocycles. The molecule has 6 nitrogen and oxygen atoms in total. The molecule has 2 heterocycles. The first kappa shape index (κ1) is 20.0. The highest BCUT2D eigenvalue weighted by atomic mass is 16.2. The van der Waals surface area contributed by atoms with Crippen molar-refractivity contribution in [1.29, 1.82) is 0 Å². The van der Waals surface area contributed by atoms with Gasteiger partial charge in [-0.25, -0.2) is 9.97 Å². The smallest absolute Gasteiger partial charge is 0.254 e. The van der Waals surface area contributed by atoms with Crippen LogP contribution in [0.4, 0.5) is 5.82 Å². The minimum absolute atomic E-state index is 0.0181. The molecule has 0 bridgehead atoms. The summed E-state index contributed by atoms with van der Waals surface area (Å²) in [6, 6.07) is 15.5. The second-order valence-corrected chi connectivity index (χ2v) is 7.75. The summed E-state index contributed by atoms with van der Waals surface area (Å²) in [4.78, 5) is 36.6. The molecule has 1 aliphatic rings. The maximum atomic E-state index is 13.2. The predicted octanol–water partition coefficient (Wildman–Crippen LogP) is 3.99. The SMILES string of the molecule is CCc1cc(NC(=O)C2CCCN(C(=O)c3cccc4ccccc34)C2)nc(C)n1. The zero-order valence-corrected chi connectivity index (χ0v) is 17.4. The van der Waals surface area contributed by atoms with Crippen LogP contribution < -0.4 is 5.32 Å². The molecule has 2 amide bonds. The number of carbonyl (C=O) groups is 2. The Morgan fingerprint density at radius 1 is 1.13 bits per heavy atom. The van der Waals surface area contributed by atoms with Gasteiger partial charge in [-0.3, -0.25) is 9.59 Å². The van der Waals surface area contributed by atoms with Gasteiger partial charge >= 0.3 is 0 Å². The van der Waals surface area contributed by atoms with E-state index in [-0.39, 0.29) is 17.7 Å². The van der Waals surface area contributed by atoms with Gasteiger partial charge < -0.3 is 10.2 Å². The predicted molar refractivity (Wildman–Crippen MR) is 117 cm³/mol. The molecule has 0 saturated carbocycles. The number of amides is 2. The van der Waals surface area contributed by atoms with E-state index < -0.39 is 0 Å². The number of benzene rings is 2. The summed E-state index contributed by atoms with van der Waals surface area (Å²) in [5.74, 6) is 0.807. The summed E-state index contributed by atoms with van der Waals surface area (Å²) in [6.07, 6.45) is 2.34. The summed E-state index contributed by atoms with van der Waals surface area (Å²) in [5.41, 5.74) is 1.59. The molecule has 1 N–H and O–H groups in total. The number of aromatic nitrogens is 2. The molecular weight excluding hydrogens is 376 g/mol. The van der Waals surface area contributed by atoms with Crippen LogP contribution in [-0.4, -0.2) is 39.8 Å². The third-order valence-electron chi connectivity index (χ3n) is 5.60. The lowest BCUT2D eigenvalue weighted by atomic mass is 9.95. The second kappa shape index (κ2) is 8.61. The Morgan fingerprint density at radius 3 is 2.77 bits per heavy atom.